The molecule has 65 heavy (non-hydrogen) atoms. The number of nitrogens with zero attached hydrogens (tertiary/aromatic N) is 2. The predicted octanol–water partition coefficient (Wildman–Crippen LogP) is 17.9. The monoisotopic (exact) mass is 844 g/mol. The first-order valence-corrected chi connectivity index (χ1v) is 23.1. The van der Waals surface area contributed by atoms with E-state index in [2.05, 4.69) is 252 Å². The molecule has 2 aromatic heterocycles. The van der Waals surface area contributed by atoms with Crippen LogP contribution >= 0.6 is 11.3 Å². The fraction of sp³-hybridized carbons (Fsp3) is 0. The molecular weight excluding hydrogens is 805 g/mol. The molecule has 0 saturated heterocycles. The molecule has 0 fully saturated rings. The number of thiophene rings is 1. The largest absolute Gasteiger partial charge is 0.310 e. The van der Waals surface area contributed by atoms with Crippen molar-refractivity contribution in [3.63, 3.8) is 0 Å². The number of rotatable bonds is 7. The molecular formula is C62H40N2S. The van der Waals surface area contributed by atoms with Crippen LogP contribution in [0.15, 0.2) is 243 Å². The second kappa shape index (κ2) is 15.2. The molecule has 0 bridgehead atoms. The Morgan fingerprint density at radius 3 is 1.66 bits per heavy atom. The van der Waals surface area contributed by atoms with Crippen molar-refractivity contribution >= 4 is 91.9 Å². The maximum absolute atomic E-state index is 2.45. The molecule has 13 aromatic rings. The van der Waals surface area contributed by atoms with Crippen LogP contribution in [0.2, 0.25) is 0 Å². The Kier molecular flexibility index (Phi) is 8.75. The van der Waals surface area contributed by atoms with Gasteiger partial charge in [-0.25, -0.2) is 0 Å². The number of benzene rings is 11. The predicted molar refractivity (Wildman–Crippen MR) is 280 cm³/mol. The third-order valence-corrected chi connectivity index (χ3v) is 14.3. The summed E-state index contributed by atoms with van der Waals surface area (Å²) in [7, 11) is 0. The van der Waals surface area contributed by atoms with Crippen LogP contribution in [0.25, 0.3) is 103 Å². The Morgan fingerprint density at radius 2 is 0.877 bits per heavy atom. The molecule has 3 heteroatoms. The van der Waals surface area contributed by atoms with Crippen LogP contribution in [-0.4, -0.2) is 4.57 Å². The molecule has 304 valence electrons. The van der Waals surface area contributed by atoms with E-state index in [0.29, 0.717) is 0 Å². The van der Waals surface area contributed by atoms with Crippen LogP contribution < -0.4 is 4.90 Å². The van der Waals surface area contributed by atoms with Crippen LogP contribution in [0.4, 0.5) is 17.1 Å². The molecule has 0 saturated carbocycles. The second-order valence-corrected chi connectivity index (χ2v) is 17.9. The summed E-state index contributed by atoms with van der Waals surface area (Å²) < 4.78 is 5.03. The smallest absolute Gasteiger partial charge is 0.0541 e. The average Bonchev–Trinajstić information content (AvgIpc) is 3.93. The highest BCUT2D eigenvalue weighted by Gasteiger charge is 2.22. The summed E-state index contributed by atoms with van der Waals surface area (Å²) >= 11 is 1.87. The van der Waals surface area contributed by atoms with Gasteiger partial charge in [0.15, 0.2) is 0 Å². The zero-order valence-electron chi connectivity index (χ0n) is 35.4. The van der Waals surface area contributed by atoms with Crippen molar-refractivity contribution in [3.05, 3.63) is 243 Å². The van der Waals surface area contributed by atoms with E-state index in [1.54, 1.807) is 0 Å². The fourth-order valence-electron chi connectivity index (χ4n) is 10.3. The summed E-state index contributed by atoms with van der Waals surface area (Å²) in [5, 5.41) is 10.1. The van der Waals surface area contributed by atoms with E-state index in [1.165, 1.54) is 96.9 Å². The van der Waals surface area contributed by atoms with Crippen LogP contribution in [0.1, 0.15) is 0 Å². The molecule has 0 spiro atoms. The number of para-hydroxylation sites is 4. The van der Waals surface area contributed by atoms with Gasteiger partial charge in [0.1, 0.15) is 0 Å². The van der Waals surface area contributed by atoms with Gasteiger partial charge < -0.3 is 9.47 Å². The van der Waals surface area contributed by atoms with Crippen LogP contribution in [0.5, 0.6) is 0 Å². The highest BCUT2D eigenvalue weighted by atomic mass is 32.1. The standard InChI is InChI=1S/C62H40N2S/c1-2-18-43(19-3-1)63(44-35-33-41(34-36-44)55-39-42-17-4-5-20-46(42)47-21-6-7-22-48(47)55)45-37-38-49(56(40-45)53-27-16-32-61-62(53)54-26-11-15-31-60(54)65-61)50-23-8-12-28-57(50)64-58-29-13-9-24-51(58)52-25-10-14-30-59(52)64/h1-40H. The molecule has 13 rings (SSSR count). The van der Waals surface area contributed by atoms with E-state index in [0.717, 1.165) is 22.7 Å². The topological polar surface area (TPSA) is 8.17 Å². The lowest BCUT2D eigenvalue weighted by molar-refractivity contribution is 1.18. The van der Waals surface area contributed by atoms with Crippen LogP contribution in [-0.2, 0) is 0 Å². The third kappa shape index (κ3) is 6.08. The number of fused-ring (bicyclic) bond motifs is 9. The Hall–Kier alpha value is -8.24. The summed E-state index contributed by atoms with van der Waals surface area (Å²) in [6.45, 7) is 0. The van der Waals surface area contributed by atoms with Crippen molar-refractivity contribution in [1.82, 2.24) is 4.57 Å². The molecule has 11 aromatic carbocycles. The Labute approximate surface area is 381 Å². The van der Waals surface area contributed by atoms with Crippen LogP contribution in [0, 0.1) is 0 Å². The van der Waals surface area contributed by atoms with E-state index < -0.39 is 0 Å². The normalized spacial score (nSPS) is 11.7. The second-order valence-electron chi connectivity index (χ2n) is 16.8. The number of aromatic nitrogens is 1. The van der Waals surface area contributed by atoms with Gasteiger partial charge in [0.25, 0.3) is 0 Å². The minimum absolute atomic E-state index is 1.09. The summed E-state index contributed by atoms with van der Waals surface area (Å²) in [5.41, 5.74) is 14.0. The van der Waals surface area contributed by atoms with E-state index in [1.807, 2.05) is 11.3 Å². The SMILES string of the molecule is c1ccc(N(c2ccc(-c3cc4ccccc4c4ccccc34)cc2)c2ccc(-c3ccccc3-n3c4ccccc4c4ccccc43)c(-c3cccc4sc5ccccc5c34)c2)cc1. The molecule has 0 amide bonds. The average molecular weight is 845 g/mol. The molecule has 0 aliphatic rings. The fourth-order valence-corrected chi connectivity index (χ4v) is 11.4. The quantitative estimate of drug-likeness (QED) is 0.145. The van der Waals surface area contributed by atoms with Gasteiger partial charge in [-0.05, 0) is 122 Å². The van der Waals surface area contributed by atoms with E-state index in [-0.39, 0.29) is 0 Å². The van der Waals surface area contributed by atoms with Crippen molar-refractivity contribution in [2.45, 2.75) is 0 Å². The number of anilines is 3. The van der Waals surface area contributed by atoms with Crippen LogP contribution in [0.3, 0.4) is 0 Å². The van der Waals surface area contributed by atoms with Gasteiger partial charge in [-0.3, -0.25) is 0 Å². The van der Waals surface area contributed by atoms with Crippen molar-refractivity contribution in [2.24, 2.45) is 0 Å². The lowest BCUT2D eigenvalue weighted by Crippen LogP contribution is -2.10. The van der Waals surface area contributed by atoms with Gasteiger partial charge >= 0.3 is 0 Å². The Balaban J connectivity index is 1.04. The highest BCUT2D eigenvalue weighted by Crippen LogP contribution is 2.48. The number of hydrogen-bond donors (Lipinski definition) is 0. The lowest BCUT2D eigenvalue weighted by Gasteiger charge is -2.27. The van der Waals surface area contributed by atoms with Crippen molar-refractivity contribution in [3.8, 4) is 39.1 Å². The number of hydrogen-bond acceptors (Lipinski definition) is 2. The van der Waals surface area contributed by atoms with E-state index in [4.69, 9.17) is 0 Å². The molecule has 2 nitrogen and oxygen atoms in total. The van der Waals surface area contributed by atoms with Gasteiger partial charge in [-0.1, -0.05) is 170 Å². The first-order chi connectivity index (χ1) is 32.3. The van der Waals surface area contributed by atoms with Crippen molar-refractivity contribution in [1.29, 1.82) is 0 Å². The molecule has 0 N–H and O–H groups in total. The summed E-state index contributed by atoms with van der Waals surface area (Å²) in [4.78, 5) is 2.40. The van der Waals surface area contributed by atoms with Crippen molar-refractivity contribution < 1.29 is 0 Å². The summed E-state index contributed by atoms with van der Waals surface area (Å²) in [6.07, 6.45) is 0. The highest BCUT2D eigenvalue weighted by molar-refractivity contribution is 7.25. The molecule has 0 unspecified atom stereocenters. The Morgan fingerprint density at radius 1 is 0.308 bits per heavy atom. The van der Waals surface area contributed by atoms with Gasteiger partial charge in [-0.2, -0.15) is 0 Å². The molecule has 0 aliphatic carbocycles. The summed E-state index contributed by atoms with van der Waals surface area (Å²) in [5.74, 6) is 0. The maximum atomic E-state index is 2.45. The molecule has 0 atom stereocenters. The zero-order chi connectivity index (χ0) is 42.8. The van der Waals surface area contributed by atoms with Gasteiger partial charge in [0, 0.05) is 53.6 Å². The van der Waals surface area contributed by atoms with Gasteiger partial charge in [-0.15, -0.1) is 11.3 Å². The third-order valence-electron chi connectivity index (χ3n) is 13.2. The van der Waals surface area contributed by atoms with Crippen molar-refractivity contribution in [2.75, 3.05) is 4.90 Å². The maximum Gasteiger partial charge on any atom is 0.0541 e. The molecule has 0 radical (unpaired) electrons. The van der Waals surface area contributed by atoms with Gasteiger partial charge in [0.2, 0.25) is 0 Å². The summed E-state index contributed by atoms with van der Waals surface area (Å²) in [6, 6.07) is 89.0. The van der Waals surface area contributed by atoms with Gasteiger partial charge in [0.05, 0.1) is 16.7 Å². The molecule has 2 heterocycles. The van der Waals surface area contributed by atoms with E-state index in [9.17, 15) is 0 Å². The Bertz CT molecular complexity index is 3900. The zero-order valence-corrected chi connectivity index (χ0v) is 36.2. The first kappa shape index (κ1) is 37.3. The minimum Gasteiger partial charge on any atom is -0.310 e. The molecule has 0 aliphatic heterocycles. The lowest BCUT2D eigenvalue weighted by atomic mass is 9.90. The van der Waals surface area contributed by atoms with E-state index >= 15 is 0 Å². The first-order valence-electron chi connectivity index (χ1n) is 22.3. The minimum atomic E-state index is 1.09.